The van der Waals surface area contributed by atoms with Crippen LogP contribution in [0.15, 0.2) is 41.3 Å². The van der Waals surface area contributed by atoms with Crippen LogP contribution in [0.1, 0.15) is 23.7 Å². The molecule has 0 spiro atoms. The minimum atomic E-state index is -0.255. The van der Waals surface area contributed by atoms with E-state index in [1.165, 1.54) is 7.11 Å². The summed E-state index contributed by atoms with van der Waals surface area (Å²) in [5.74, 6) is 0.648. The number of thioether (sulfide) groups is 1. The molecule has 4 nitrogen and oxygen atoms in total. The van der Waals surface area contributed by atoms with Crippen LogP contribution >= 0.6 is 23.4 Å². The minimum absolute atomic E-state index is 0.255. The summed E-state index contributed by atoms with van der Waals surface area (Å²) in [5, 5.41) is 3.20. The molecule has 0 aromatic heterocycles. The summed E-state index contributed by atoms with van der Waals surface area (Å²) in [6.45, 7) is 2.54. The topological polar surface area (TPSA) is 47.6 Å². The first-order valence-electron chi connectivity index (χ1n) is 7.54. The van der Waals surface area contributed by atoms with Gasteiger partial charge in [0.15, 0.2) is 11.5 Å². The summed E-state index contributed by atoms with van der Waals surface area (Å²) >= 11 is 7.90. The summed E-state index contributed by atoms with van der Waals surface area (Å²) < 4.78 is 10.9. The van der Waals surface area contributed by atoms with Crippen molar-refractivity contribution in [3.05, 3.63) is 47.0 Å². The monoisotopic (exact) mass is 365 g/mol. The molecule has 0 aliphatic heterocycles. The molecular formula is C18H20ClNO3S. The summed E-state index contributed by atoms with van der Waals surface area (Å²) in [6, 6.07) is 10.8. The highest BCUT2D eigenvalue weighted by Crippen LogP contribution is 2.36. The van der Waals surface area contributed by atoms with Crippen molar-refractivity contribution in [2.24, 2.45) is 0 Å². The third-order valence-electron chi connectivity index (χ3n) is 3.29. The van der Waals surface area contributed by atoms with Crippen molar-refractivity contribution in [1.29, 1.82) is 0 Å². The molecule has 2 aromatic rings. The first-order chi connectivity index (χ1) is 11.6. The van der Waals surface area contributed by atoms with Crippen LogP contribution in [-0.2, 0) is 0 Å². The fraction of sp³-hybridized carbons (Fsp3) is 0.278. The van der Waals surface area contributed by atoms with Crippen molar-refractivity contribution in [3.8, 4) is 11.5 Å². The van der Waals surface area contributed by atoms with Crippen LogP contribution in [0.25, 0.3) is 0 Å². The number of anilines is 1. The molecule has 128 valence electrons. The van der Waals surface area contributed by atoms with E-state index in [1.807, 2.05) is 37.4 Å². The molecule has 6 heteroatoms. The first kappa shape index (κ1) is 18.5. The molecule has 0 aliphatic rings. The number of halogens is 1. The molecule has 2 rings (SSSR count). The van der Waals surface area contributed by atoms with Crippen LogP contribution in [0.2, 0.25) is 5.02 Å². The van der Waals surface area contributed by atoms with Gasteiger partial charge in [0.05, 0.1) is 18.7 Å². The Balaban J connectivity index is 2.20. The van der Waals surface area contributed by atoms with E-state index in [9.17, 15) is 4.79 Å². The third kappa shape index (κ3) is 4.58. The Labute approximate surface area is 151 Å². The number of methoxy groups -OCH3 is 1. The zero-order valence-corrected chi connectivity index (χ0v) is 15.5. The molecule has 0 atom stereocenters. The Bertz CT molecular complexity index is 704. The molecule has 2 aromatic carbocycles. The third-order valence-corrected chi connectivity index (χ3v) is 4.31. The second-order valence-corrected chi connectivity index (χ2v) is 6.31. The fourth-order valence-corrected chi connectivity index (χ4v) is 2.75. The van der Waals surface area contributed by atoms with E-state index in [4.69, 9.17) is 21.1 Å². The van der Waals surface area contributed by atoms with E-state index in [1.54, 1.807) is 23.9 Å². The van der Waals surface area contributed by atoms with Crippen LogP contribution < -0.4 is 14.8 Å². The molecule has 0 saturated heterocycles. The van der Waals surface area contributed by atoms with E-state index >= 15 is 0 Å². The normalized spacial score (nSPS) is 10.3. The summed E-state index contributed by atoms with van der Waals surface area (Å²) in [7, 11) is 1.52. The second kappa shape index (κ2) is 8.85. The predicted molar refractivity (Wildman–Crippen MR) is 100.0 cm³/mol. The highest BCUT2D eigenvalue weighted by Gasteiger charge is 2.16. The van der Waals surface area contributed by atoms with Crippen LogP contribution in [0.3, 0.4) is 0 Å². The zero-order chi connectivity index (χ0) is 17.5. The van der Waals surface area contributed by atoms with Gasteiger partial charge in [0, 0.05) is 16.1 Å². The van der Waals surface area contributed by atoms with Crippen LogP contribution in [-0.4, -0.2) is 25.9 Å². The van der Waals surface area contributed by atoms with Gasteiger partial charge in [-0.3, -0.25) is 4.79 Å². The van der Waals surface area contributed by atoms with Gasteiger partial charge in [0.2, 0.25) is 0 Å². The van der Waals surface area contributed by atoms with E-state index in [0.717, 1.165) is 17.0 Å². The quantitative estimate of drug-likeness (QED) is 0.692. The van der Waals surface area contributed by atoms with Crippen molar-refractivity contribution in [2.45, 2.75) is 18.2 Å². The predicted octanol–water partition coefficient (Wildman–Crippen LogP) is 5.11. The highest BCUT2D eigenvalue weighted by molar-refractivity contribution is 7.98. The number of carbonyl (C=O) groups excluding carboxylic acids is 1. The number of carbonyl (C=O) groups is 1. The average molecular weight is 366 g/mol. The molecule has 0 bridgehead atoms. The lowest BCUT2D eigenvalue weighted by Crippen LogP contribution is -2.12. The fourth-order valence-electron chi connectivity index (χ4n) is 2.07. The first-order valence-corrected chi connectivity index (χ1v) is 9.15. The standard InChI is InChI=1S/C18H20ClNO3S/c1-4-9-23-17-15(19)10-12(11-16(17)22-2)18(21)20-13-5-7-14(24-3)8-6-13/h5-8,10-11H,4,9H2,1-3H3,(H,20,21). The maximum atomic E-state index is 12.4. The average Bonchev–Trinajstić information content (AvgIpc) is 2.60. The second-order valence-electron chi connectivity index (χ2n) is 5.02. The zero-order valence-electron chi connectivity index (χ0n) is 13.9. The highest BCUT2D eigenvalue weighted by atomic mass is 35.5. The molecule has 0 fully saturated rings. The largest absolute Gasteiger partial charge is 0.493 e. The number of hydrogen-bond donors (Lipinski definition) is 1. The summed E-state index contributed by atoms with van der Waals surface area (Å²) in [4.78, 5) is 13.6. The van der Waals surface area contributed by atoms with Crippen molar-refractivity contribution in [3.63, 3.8) is 0 Å². The number of ether oxygens (including phenoxy) is 2. The van der Waals surface area contributed by atoms with Gasteiger partial charge in [0.1, 0.15) is 0 Å². The molecule has 1 N–H and O–H groups in total. The Morgan fingerprint density at radius 1 is 1.25 bits per heavy atom. The summed E-state index contributed by atoms with van der Waals surface area (Å²) in [5.41, 5.74) is 1.13. The van der Waals surface area contributed by atoms with E-state index in [-0.39, 0.29) is 5.91 Å². The Hall–Kier alpha value is -1.85. The van der Waals surface area contributed by atoms with Crippen molar-refractivity contribution < 1.29 is 14.3 Å². The lowest BCUT2D eigenvalue weighted by molar-refractivity contribution is 0.102. The number of benzene rings is 2. The molecule has 24 heavy (non-hydrogen) atoms. The maximum Gasteiger partial charge on any atom is 0.255 e. The molecule has 0 heterocycles. The lowest BCUT2D eigenvalue weighted by atomic mass is 10.1. The molecule has 0 saturated carbocycles. The van der Waals surface area contributed by atoms with Gasteiger partial charge in [-0.05, 0) is 49.1 Å². The van der Waals surface area contributed by atoms with Gasteiger partial charge in [-0.1, -0.05) is 18.5 Å². The number of amides is 1. The van der Waals surface area contributed by atoms with Gasteiger partial charge >= 0.3 is 0 Å². The van der Waals surface area contributed by atoms with Gasteiger partial charge in [0.25, 0.3) is 5.91 Å². The van der Waals surface area contributed by atoms with Gasteiger partial charge in [-0.25, -0.2) is 0 Å². The smallest absolute Gasteiger partial charge is 0.255 e. The van der Waals surface area contributed by atoms with Crippen LogP contribution in [0.5, 0.6) is 11.5 Å². The van der Waals surface area contributed by atoms with E-state index in [0.29, 0.717) is 28.7 Å². The lowest BCUT2D eigenvalue weighted by Gasteiger charge is -2.14. The van der Waals surface area contributed by atoms with Crippen LogP contribution in [0, 0.1) is 0 Å². The molecule has 0 unspecified atom stereocenters. The molecule has 1 amide bonds. The number of hydrogen-bond acceptors (Lipinski definition) is 4. The number of rotatable bonds is 7. The van der Waals surface area contributed by atoms with Gasteiger partial charge in [-0.2, -0.15) is 0 Å². The van der Waals surface area contributed by atoms with Crippen LogP contribution in [0.4, 0.5) is 5.69 Å². The minimum Gasteiger partial charge on any atom is -0.493 e. The maximum absolute atomic E-state index is 12.4. The van der Waals surface area contributed by atoms with E-state index < -0.39 is 0 Å². The summed E-state index contributed by atoms with van der Waals surface area (Å²) in [6.07, 6.45) is 2.86. The van der Waals surface area contributed by atoms with Crippen molar-refractivity contribution in [1.82, 2.24) is 0 Å². The van der Waals surface area contributed by atoms with Gasteiger partial charge in [-0.15, -0.1) is 11.8 Å². The van der Waals surface area contributed by atoms with Gasteiger partial charge < -0.3 is 14.8 Å². The van der Waals surface area contributed by atoms with E-state index in [2.05, 4.69) is 5.32 Å². The molecular weight excluding hydrogens is 346 g/mol. The number of nitrogens with one attached hydrogen (secondary N) is 1. The van der Waals surface area contributed by atoms with Crippen molar-refractivity contribution >= 4 is 35.0 Å². The molecule has 0 aliphatic carbocycles. The Morgan fingerprint density at radius 2 is 1.96 bits per heavy atom. The molecule has 0 radical (unpaired) electrons. The van der Waals surface area contributed by atoms with Crippen molar-refractivity contribution in [2.75, 3.05) is 25.3 Å². The Morgan fingerprint density at radius 3 is 2.54 bits per heavy atom. The SMILES string of the molecule is CCCOc1c(Cl)cc(C(=O)Nc2ccc(SC)cc2)cc1OC. The Kier molecular flexibility index (Phi) is 6.82.